The zero-order valence-corrected chi connectivity index (χ0v) is 12.6. The first-order valence-electron chi connectivity index (χ1n) is 6.56. The lowest BCUT2D eigenvalue weighted by molar-refractivity contribution is 0.101. The molecule has 0 saturated heterocycles. The SMILES string of the molecule is C=CCN(C(=O)Nc1cccc(C(C)=O)c1)C(C)(C)C. The number of carbonyl (C=O) groups is 2. The second-order valence-electron chi connectivity index (χ2n) is 5.64. The Bertz CT molecular complexity index is 515. The van der Waals surface area contributed by atoms with Gasteiger partial charge in [0, 0.05) is 23.3 Å². The number of rotatable bonds is 4. The smallest absolute Gasteiger partial charge is 0.316 e. The standard InChI is InChI=1S/C16H22N2O2/c1-6-10-18(16(3,4)5)15(20)17-14-9-7-8-13(11-14)12(2)19/h6-9,11H,1,10H2,2-5H3,(H,17,20). The second kappa shape index (κ2) is 6.37. The lowest BCUT2D eigenvalue weighted by atomic mass is 10.1. The van der Waals surface area contributed by atoms with Crippen LogP contribution in [-0.4, -0.2) is 28.8 Å². The van der Waals surface area contributed by atoms with E-state index in [4.69, 9.17) is 0 Å². The molecule has 4 heteroatoms. The summed E-state index contributed by atoms with van der Waals surface area (Å²) >= 11 is 0. The van der Waals surface area contributed by atoms with Gasteiger partial charge >= 0.3 is 6.03 Å². The Morgan fingerprint density at radius 3 is 2.50 bits per heavy atom. The summed E-state index contributed by atoms with van der Waals surface area (Å²) in [5, 5.41) is 2.82. The predicted octanol–water partition coefficient (Wildman–Crippen LogP) is 3.71. The van der Waals surface area contributed by atoms with Gasteiger partial charge in [0.15, 0.2) is 5.78 Å². The van der Waals surface area contributed by atoms with Crippen molar-refractivity contribution in [3.8, 4) is 0 Å². The Labute approximate surface area is 120 Å². The van der Waals surface area contributed by atoms with Gasteiger partial charge in [-0.15, -0.1) is 6.58 Å². The average molecular weight is 274 g/mol. The third kappa shape index (κ3) is 4.23. The van der Waals surface area contributed by atoms with E-state index in [0.717, 1.165) is 0 Å². The first-order chi connectivity index (χ1) is 9.25. The summed E-state index contributed by atoms with van der Waals surface area (Å²) in [7, 11) is 0. The Balaban J connectivity index is 2.91. The average Bonchev–Trinajstić information content (AvgIpc) is 2.34. The molecular weight excluding hydrogens is 252 g/mol. The minimum atomic E-state index is -0.309. The van der Waals surface area contributed by atoms with E-state index in [2.05, 4.69) is 11.9 Å². The van der Waals surface area contributed by atoms with Crippen molar-refractivity contribution in [2.24, 2.45) is 0 Å². The number of urea groups is 1. The van der Waals surface area contributed by atoms with Crippen molar-refractivity contribution in [3.63, 3.8) is 0 Å². The van der Waals surface area contributed by atoms with E-state index in [1.54, 1.807) is 35.2 Å². The van der Waals surface area contributed by atoms with Gasteiger partial charge in [0.05, 0.1) is 0 Å². The Morgan fingerprint density at radius 1 is 1.35 bits per heavy atom. The number of carbonyl (C=O) groups excluding carboxylic acids is 2. The molecule has 0 aliphatic carbocycles. The lowest BCUT2D eigenvalue weighted by Gasteiger charge is -2.34. The Hall–Kier alpha value is -2.10. The summed E-state index contributed by atoms with van der Waals surface area (Å²) in [6, 6.07) is 6.71. The predicted molar refractivity (Wildman–Crippen MR) is 82.1 cm³/mol. The number of hydrogen-bond acceptors (Lipinski definition) is 2. The summed E-state index contributed by atoms with van der Waals surface area (Å²) in [5.41, 5.74) is 0.881. The Morgan fingerprint density at radius 2 is 2.00 bits per heavy atom. The quantitative estimate of drug-likeness (QED) is 0.672. The highest BCUT2D eigenvalue weighted by molar-refractivity contribution is 5.96. The topological polar surface area (TPSA) is 49.4 Å². The van der Waals surface area contributed by atoms with Crippen LogP contribution in [0, 0.1) is 0 Å². The van der Waals surface area contributed by atoms with Gasteiger partial charge in [-0.25, -0.2) is 4.79 Å². The van der Waals surface area contributed by atoms with Crippen molar-refractivity contribution in [2.75, 3.05) is 11.9 Å². The van der Waals surface area contributed by atoms with Crippen LogP contribution in [-0.2, 0) is 0 Å². The van der Waals surface area contributed by atoms with Crippen LogP contribution in [0.15, 0.2) is 36.9 Å². The van der Waals surface area contributed by atoms with Crippen molar-refractivity contribution in [1.29, 1.82) is 0 Å². The van der Waals surface area contributed by atoms with E-state index in [9.17, 15) is 9.59 Å². The monoisotopic (exact) mass is 274 g/mol. The number of amides is 2. The molecule has 108 valence electrons. The van der Waals surface area contributed by atoms with Crippen molar-refractivity contribution in [1.82, 2.24) is 4.90 Å². The number of hydrogen-bond donors (Lipinski definition) is 1. The molecule has 4 nitrogen and oxygen atoms in total. The maximum atomic E-state index is 12.3. The van der Waals surface area contributed by atoms with E-state index in [0.29, 0.717) is 17.8 Å². The van der Waals surface area contributed by atoms with Crippen LogP contribution in [0.2, 0.25) is 0 Å². The number of ketones is 1. The summed E-state index contributed by atoms with van der Waals surface area (Å²) in [4.78, 5) is 25.3. The molecule has 1 aromatic rings. The molecule has 0 aliphatic heterocycles. The zero-order chi connectivity index (χ0) is 15.3. The van der Waals surface area contributed by atoms with Crippen LogP contribution >= 0.6 is 0 Å². The number of nitrogens with zero attached hydrogens (tertiary/aromatic N) is 1. The van der Waals surface area contributed by atoms with E-state index in [-0.39, 0.29) is 17.4 Å². The van der Waals surface area contributed by atoms with Crippen LogP contribution in [0.1, 0.15) is 38.1 Å². The van der Waals surface area contributed by atoms with E-state index in [1.165, 1.54) is 6.92 Å². The van der Waals surface area contributed by atoms with Gasteiger partial charge in [0.25, 0.3) is 0 Å². The molecule has 0 atom stereocenters. The molecule has 0 aromatic heterocycles. The van der Waals surface area contributed by atoms with Gasteiger partial charge in [0.2, 0.25) is 0 Å². The first-order valence-corrected chi connectivity index (χ1v) is 6.56. The van der Waals surface area contributed by atoms with Gasteiger partial charge in [0.1, 0.15) is 0 Å². The zero-order valence-electron chi connectivity index (χ0n) is 12.6. The van der Waals surface area contributed by atoms with Crippen LogP contribution in [0.3, 0.4) is 0 Å². The lowest BCUT2D eigenvalue weighted by Crippen LogP contribution is -2.47. The number of anilines is 1. The third-order valence-corrected chi connectivity index (χ3v) is 2.89. The highest BCUT2D eigenvalue weighted by atomic mass is 16.2. The maximum absolute atomic E-state index is 12.3. The van der Waals surface area contributed by atoms with Crippen LogP contribution < -0.4 is 5.32 Å². The fourth-order valence-corrected chi connectivity index (χ4v) is 1.80. The molecule has 0 bridgehead atoms. The van der Waals surface area contributed by atoms with Gasteiger partial charge in [-0.1, -0.05) is 18.2 Å². The van der Waals surface area contributed by atoms with Gasteiger partial charge in [-0.3, -0.25) is 4.79 Å². The van der Waals surface area contributed by atoms with Crippen LogP contribution in [0.4, 0.5) is 10.5 Å². The van der Waals surface area contributed by atoms with Crippen molar-refractivity contribution < 1.29 is 9.59 Å². The molecule has 1 rings (SSSR count). The second-order valence-corrected chi connectivity index (χ2v) is 5.64. The fraction of sp³-hybridized carbons (Fsp3) is 0.375. The molecule has 0 radical (unpaired) electrons. The van der Waals surface area contributed by atoms with Crippen molar-refractivity contribution in [2.45, 2.75) is 33.2 Å². The normalized spacial score (nSPS) is 10.8. The fourth-order valence-electron chi connectivity index (χ4n) is 1.80. The van der Waals surface area contributed by atoms with Crippen molar-refractivity contribution >= 4 is 17.5 Å². The molecule has 20 heavy (non-hydrogen) atoms. The molecular formula is C16H22N2O2. The van der Waals surface area contributed by atoms with Crippen LogP contribution in [0.5, 0.6) is 0 Å². The molecule has 1 aromatic carbocycles. The van der Waals surface area contributed by atoms with E-state index >= 15 is 0 Å². The van der Waals surface area contributed by atoms with Crippen molar-refractivity contribution in [3.05, 3.63) is 42.5 Å². The van der Waals surface area contributed by atoms with Gasteiger partial charge in [-0.2, -0.15) is 0 Å². The minimum absolute atomic E-state index is 0.0279. The summed E-state index contributed by atoms with van der Waals surface area (Å²) in [5.74, 6) is -0.0279. The highest BCUT2D eigenvalue weighted by Gasteiger charge is 2.25. The summed E-state index contributed by atoms with van der Waals surface area (Å²) in [6.07, 6.45) is 1.69. The molecule has 2 amide bonds. The molecule has 0 fully saturated rings. The number of nitrogens with one attached hydrogen (secondary N) is 1. The van der Waals surface area contributed by atoms with Crippen LogP contribution in [0.25, 0.3) is 0 Å². The minimum Gasteiger partial charge on any atom is -0.316 e. The van der Waals surface area contributed by atoms with E-state index < -0.39 is 0 Å². The molecule has 0 spiro atoms. The Kier molecular flexibility index (Phi) is 5.08. The summed E-state index contributed by atoms with van der Waals surface area (Å²) in [6.45, 7) is 11.5. The summed E-state index contributed by atoms with van der Waals surface area (Å²) < 4.78 is 0. The third-order valence-electron chi connectivity index (χ3n) is 2.89. The van der Waals surface area contributed by atoms with E-state index in [1.807, 2.05) is 20.8 Å². The maximum Gasteiger partial charge on any atom is 0.322 e. The molecule has 0 unspecified atom stereocenters. The van der Waals surface area contributed by atoms with Gasteiger partial charge in [-0.05, 0) is 39.8 Å². The first kappa shape index (κ1) is 16.0. The number of benzene rings is 1. The van der Waals surface area contributed by atoms with Gasteiger partial charge < -0.3 is 10.2 Å². The highest BCUT2D eigenvalue weighted by Crippen LogP contribution is 2.17. The molecule has 1 N–H and O–H groups in total. The largest absolute Gasteiger partial charge is 0.322 e. The molecule has 0 saturated carbocycles. The number of Topliss-reactive ketones (excluding diaryl/α,β-unsaturated/α-hetero) is 1. The molecule has 0 heterocycles. The molecule has 0 aliphatic rings.